The summed E-state index contributed by atoms with van der Waals surface area (Å²) >= 11 is 0. The Morgan fingerprint density at radius 1 is 1.22 bits per heavy atom. The van der Waals surface area contributed by atoms with Crippen molar-refractivity contribution in [3.63, 3.8) is 0 Å². The average molecular weight is 244 g/mol. The van der Waals surface area contributed by atoms with Gasteiger partial charge in [0.15, 0.2) is 0 Å². The molecule has 1 aliphatic carbocycles. The molecular formula is C15H20N2O. The number of hydrogen-bond donors (Lipinski definition) is 2. The van der Waals surface area contributed by atoms with E-state index in [0.29, 0.717) is 0 Å². The van der Waals surface area contributed by atoms with E-state index in [-0.39, 0.29) is 11.4 Å². The molecule has 96 valence electrons. The quantitative estimate of drug-likeness (QED) is 0.798. The predicted molar refractivity (Wildman–Crippen MR) is 72.4 cm³/mol. The van der Waals surface area contributed by atoms with E-state index in [2.05, 4.69) is 17.4 Å². The molecule has 3 rings (SSSR count). The van der Waals surface area contributed by atoms with Gasteiger partial charge in [0.05, 0.1) is 5.41 Å². The molecule has 1 saturated carbocycles. The summed E-state index contributed by atoms with van der Waals surface area (Å²) in [7, 11) is 0. The Kier molecular flexibility index (Phi) is 2.33. The number of carbonyl (C=O) groups excluding carboxylic acids is 1. The molecule has 0 aromatic heterocycles. The van der Waals surface area contributed by atoms with Gasteiger partial charge in [-0.1, -0.05) is 25.0 Å². The minimum Gasteiger partial charge on any atom is -0.325 e. The van der Waals surface area contributed by atoms with Crippen molar-refractivity contribution < 1.29 is 4.79 Å². The summed E-state index contributed by atoms with van der Waals surface area (Å²) in [5, 5.41) is 2.94. The third-order valence-corrected chi connectivity index (χ3v) is 4.58. The molecule has 18 heavy (non-hydrogen) atoms. The van der Waals surface area contributed by atoms with Gasteiger partial charge in [0.25, 0.3) is 0 Å². The fourth-order valence-electron chi connectivity index (χ4n) is 3.18. The molecule has 1 heterocycles. The van der Waals surface area contributed by atoms with Crippen LogP contribution in [0.25, 0.3) is 0 Å². The van der Waals surface area contributed by atoms with Crippen molar-refractivity contribution in [2.24, 2.45) is 5.73 Å². The Morgan fingerprint density at radius 3 is 2.56 bits per heavy atom. The van der Waals surface area contributed by atoms with Crippen LogP contribution in [0.1, 0.15) is 50.7 Å². The van der Waals surface area contributed by atoms with Gasteiger partial charge in [0.2, 0.25) is 5.91 Å². The van der Waals surface area contributed by atoms with Gasteiger partial charge in [-0.05, 0) is 43.9 Å². The second kappa shape index (κ2) is 3.58. The maximum atomic E-state index is 11.9. The number of carbonyl (C=O) groups is 1. The summed E-state index contributed by atoms with van der Waals surface area (Å²) in [6.45, 7) is 3.94. The third kappa shape index (κ3) is 1.50. The van der Waals surface area contributed by atoms with E-state index in [1.165, 1.54) is 18.4 Å². The fraction of sp³-hybridized carbons (Fsp3) is 0.533. The Hall–Kier alpha value is -1.35. The van der Waals surface area contributed by atoms with E-state index in [9.17, 15) is 4.79 Å². The largest absolute Gasteiger partial charge is 0.325 e. The summed E-state index contributed by atoms with van der Waals surface area (Å²) in [5.41, 5.74) is 9.07. The van der Waals surface area contributed by atoms with Crippen molar-refractivity contribution in [1.29, 1.82) is 0 Å². The maximum Gasteiger partial charge on any atom is 0.234 e. The number of anilines is 1. The number of amides is 1. The molecule has 3 heteroatoms. The van der Waals surface area contributed by atoms with Gasteiger partial charge in [-0.25, -0.2) is 0 Å². The van der Waals surface area contributed by atoms with Crippen molar-refractivity contribution in [2.75, 3.05) is 5.32 Å². The van der Waals surface area contributed by atoms with Crippen LogP contribution in [0.4, 0.5) is 5.69 Å². The average Bonchev–Trinajstić information content (AvgIpc) is 2.85. The van der Waals surface area contributed by atoms with E-state index in [0.717, 1.165) is 24.1 Å². The lowest BCUT2D eigenvalue weighted by atomic mass is 9.81. The van der Waals surface area contributed by atoms with Gasteiger partial charge in [-0.3, -0.25) is 4.79 Å². The zero-order chi connectivity index (χ0) is 13.0. The van der Waals surface area contributed by atoms with E-state index in [1.54, 1.807) is 0 Å². The molecule has 3 nitrogen and oxygen atoms in total. The SMILES string of the molecule is CC1(C)C(=O)Nc2ccc(C3(N)CCCC3)cc21. The lowest BCUT2D eigenvalue weighted by Gasteiger charge is -2.26. The highest BCUT2D eigenvalue weighted by atomic mass is 16.2. The first kappa shape index (κ1) is 11.7. The zero-order valence-corrected chi connectivity index (χ0v) is 11.0. The number of rotatable bonds is 1. The normalized spacial score (nSPS) is 23.8. The molecule has 1 aromatic rings. The van der Waals surface area contributed by atoms with Gasteiger partial charge in [0.1, 0.15) is 0 Å². The van der Waals surface area contributed by atoms with Crippen LogP contribution >= 0.6 is 0 Å². The molecule has 0 radical (unpaired) electrons. The Labute approximate surface area is 108 Å². The molecule has 1 amide bonds. The van der Waals surface area contributed by atoms with Crippen LogP contribution in [0, 0.1) is 0 Å². The minimum atomic E-state index is -0.444. The summed E-state index contributed by atoms with van der Waals surface area (Å²) in [4.78, 5) is 11.9. The smallest absolute Gasteiger partial charge is 0.234 e. The van der Waals surface area contributed by atoms with Crippen LogP contribution in [0.2, 0.25) is 0 Å². The van der Waals surface area contributed by atoms with Crippen LogP contribution in [0.3, 0.4) is 0 Å². The molecule has 0 bridgehead atoms. The first-order valence-electron chi connectivity index (χ1n) is 6.69. The van der Waals surface area contributed by atoms with E-state index >= 15 is 0 Å². The van der Waals surface area contributed by atoms with Crippen molar-refractivity contribution in [2.45, 2.75) is 50.5 Å². The highest BCUT2D eigenvalue weighted by Crippen LogP contribution is 2.42. The fourth-order valence-corrected chi connectivity index (χ4v) is 3.18. The van der Waals surface area contributed by atoms with E-state index in [4.69, 9.17) is 5.73 Å². The van der Waals surface area contributed by atoms with Gasteiger partial charge in [-0.15, -0.1) is 0 Å². The molecular weight excluding hydrogens is 224 g/mol. The molecule has 0 unspecified atom stereocenters. The standard InChI is InChI=1S/C15H20N2O/c1-14(2)11-9-10(15(16)7-3-4-8-15)5-6-12(11)17-13(14)18/h5-6,9H,3-4,7-8,16H2,1-2H3,(H,17,18). The van der Waals surface area contributed by atoms with E-state index < -0.39 is 5.41 Å². The Morgan fingerprint density at radius 2 is 1.89 bits per heavy atom. The number of nitrogens with one attached hydrogen (secondary N) is 1. The highest BCUT2D eigenvalue weighted by molar-refractivity contribution is 6.05. The third-order valence-electron chi connectivity index (χ3n) is 4.58. The van der Waals surface area contributed by atoms with Crippen LogP contribution in [-0.2, 0) is 15.7 Å². The van der Waals surface area contributed by atoms with Crippen LogP contribution in [0.5, 0.6) is 0 Å². The second-order valence-electron chi connectivity index (χ2n) is 6.20. The molecule has 1 aromatic carbocycles. The first-order chi connectivity index (χ1) is 8.43. The maximum absolute atomic E-state index is 11.9. The van der Waals surface area contributed by atoms with Gasteiger partial charge in [0, 0.05) is 11.2 Å². The first-order valence-corrected chi connectivity index (χ1v) is 6.69. The summed E-state index contributed by atoms with van der Waals surface area (Å²) in [5.74, 6) is 0.0761. The van der Waals surface area contributed by atoms with Gasteiger partial charge >= 0.3 is 0 Å². The Balaban J connectivity index is 2.07. The van der Waals surface area contributed by atoms with E-state index in [1.807, 2.05) is 19.9 Å². The number of benzene rings is 1. The van der Waals surface area contributed by atoms with Crippen molar-refractivity contribution in [1.82, 2.24) is 0 Å². The summed E-state index contributed by atoms with van der Waals surface area (Å²) in [6.07, 6.45) is 4.50. The molecule has 0 saturated heterocycles. The minimum absolute atomic E-state index is 0.0761. The van der Waals surface area contributed by atoms with Crippen molar-refractivity contribution >= 4 is 11.6 Å². The lowest BCUT2D eigenvalue weighted by Crippen LogP contribution is -2.33. The topological polar surface area (TPSA) is 55.1 Å². The van der Waals surface area contributed by atoms with Crippen LogP contribution in [0.15, 0.2) is 18.2 Å². The number of nitrogens with two attached hydrogens (primary N) is 1. The van der Waals surface area contributed by atoms with Gasteiger partial charge < -0.3 is 11.1 Å². The number of fused-ring (bicyclic) bond motifs is 1. The zero-order valence-electron chi connectivity index (χ0n) is 11.0. The predicted octanol–water partition coefficient (Wildman–Crippen LogP) is 2.64. The van der Waals surface area contributed by atoms with Crippen LogP contribution in [-0.4, -0.2) is 5.91 Å². The summed E-state index contributed by atoms with van der Waals surface area (Å²) in [6, 6.07) is 6.22. The molecule has 3 N–H and O–H groups in total. The molecule has 1 fully saturated rings. The van der Waals surface area contributed by atoms with Crippen molar-refractivity contribution in [3.8, 4) is 0 Å². The Bertz CT molecular complexity index is 513. The van der Waals surface area contributed by atoms with Crippen LogP contribution < -0.4 is 11.1 Å². The van der Waals surface area contributed by atoms with Gasteiger partial charge in [-0.2, -0.15) is 0 Å². The monoisotopic (exact) mass is 244 g/mol. The molecule has 1 aliphatic heterocycles. The highest BCUT2D eigenvalue weighted by Gasteiger charge is 2.40. The summed E-state index contributed by atoms with van der Waals surface area (Å²) < 4.78 is 0. The molecule has 0 spiro atoms. The second-order valence-corrected chi connectivity index (χ2v) is 6.20. The number of hydrogen-bond acceptors (Lipinski definition) is 2. The molecule has 0 atom stereocenters. The van der Waals surface area contributed by atoms with Crippen molar-refractivity contribution in [3.05, 3.63) is 29.3 Å². The molecule has 2 aliphatic rings. The lowest BCUT2D eigenvalue weighted by molar-refractivity contribution is -0.119.